The van der Waals surface area contributed by atoms with Crippen molar-refractivity contribution in [2.24, 2.45) is 5.73 Å². The van der Waals surface area contributed by atoms with E-state index in [2.05, 4.69) is 103 Å². The van der Waals surface area contributed by atoms with Gasteiger partial charge in [0.15, 0.2) is 0 Å². The van der Waals surface area contributed by atoms with Crippen LogP contribution in [0, 0.1) is 10.8 Å². The number of carbonyl (C=O) groups excluding carboxylic acids is 1. The summed E-state index contributed by atoms with van der Waals surface area (Å²) in [7, 11) is 0. The Morgan fingerprint density at radius 1 is 0.976 bits per heavy atom. The van der Waals surface area contributed by atoms with E-state index < -0.39 is 0 Å². The zero-order chi connectivity index (χ0) is 29.6. The number of para-hydroxylation sites is 1. The first-order chi connectivity index (χ1) is 19.9. The largest absolute Gasteiger partial charge is 0.372 e. The van der Waals surface area contributed by atoms with Crippen molar-refractivity contribution in [2.45, 2.75) is 65.5 Å². The SMILES string of the molecule is CC=C(C)C.N=C(CCc1c[nH]c2ccccc12)N(Cc1cccc2ccccc12)C(=N)CC1CCCN1.NC=O. The molecule has 216 valence electrons. The molecule has 1 atom stereocenters. The number of aromatic amines is 1. The molecule has 1 unspecified atom stereocenters. The van der Waals surface area contributed by atoms with Gasteiger partial charge in [0.25, 0.3) is 0 Å². The molecule has 1 aromatic heterocycles. The topological polar surface area (TPSA) is 122 Å². The number of carbonyl (C=O) groups is 1. The number of aryl methyl sites for hydroxylation is 1. The number of allylic oxidation sites excluding steroid dienone is 2. The van der Waals surface area contributed by atoms with Crippen molar-refractivity contribution in [3.63, 3.8) is 0 Å². The number of hydrogen-bond acceptors (Lipinski definition) is 4. The molecule has 2 heterocycles. The Morgan fingerprint density at radius 2 is 1.63 bits per heavy atom. The molecule has 3 aromatic carbocycles. The van der Waals surface area contributed by atoms with Crippen LogP contribution in [0.2, 0.25) is 0 Å². The van der Waals surface area contributed by atoms with Crippen molar-refractivity contribution in [1.82, 2.24) is 15.2 Å². The number of rotatable bonds is 7. The van der Waals surface area contributed by atoms with Gasteiger partial charge in [-0.1, -0.05) is 72.3 Å². The third-order valence-corrected chi connectivity index (χ3v) is 7.35. The maximum atomic E-state index is 8.97. The second-order valence-electron chi connectivity index (χ2n) is 10.5. The molecule has 0 saturated carbocycles. The van der Waals surface area contributed by atoms with Crippen LogP contribution in [-0.4, -0.2) is 40.6 Å². The summed E-state index contributed by atoms with van der Waals surface area (Å²) in [5, 5.41) is 25.0. The molecule has 6 N–H and O–H groups in total. The maximum Gasteiger partial charge on any atom is 0.204 e. The molecule has 1 aliphatic heterocycles. The second kappa shape index (κ2) is 16.1. The number of amides is 1. The van der Waals surface area contributed by atoms with Crippen molar-refractivity contribution >= 4 is 39.8 Å². The molecule has 4 aromatic rings. The Labute approximate surface area is 243 Å². The molecule has 5 rings (SSSR count). The Hall–Kier alpha value is -4.23. The summed E-state index contributed by atoms with van der Waals surface area (Å²) in [6.45, 7) is 7.79. The van der Waals surface area contributed by atoms with Gasteiger partial charge in [-0.05, 0) is 74.5 Å². The Bertz CT molecular complexity index is 1460. The number of nitrogens with two attached hydrogens (primary N) is 1. The van der Waals surface area contributed by atoms with Crippen molar-refractivity contribution < 1.29 is 4.79 Å². The number of fused-ring (bicyclic) bond motifs is 2. The van der Waals surface area contributed by atoms with E-state index in [1.165, 1.54) is 33.7 Å². The lowest BCUT2D eigenvalue weighted by Crippen LogP contribution is -2.39. The molecule has 7 nitrogen and oxygen atoms in total. The molecule has 7 heteroatoms. The van der Waals surface area contributed by atoms with Gasteiger partial charge in [-0.25, -0.2) is 0 Å². The van der Waals surface area contributed by atoms with Crippen LogP contribution in [0.5, 0.6) is 0 Å². The molecular formula is C34H44N6O. The molecule has 0 spiro atoms. The highest BCUT2D eigenvalue weighted by Gasteiger charge is 2.22. The normalized spacial score (nSPS) is 13.9. The number of benzene rings is 3. The van der Waals surface area contributed by atoms with Gasteiger partial charge < -0.3 is 20.9 Å². The molecule has 0 aliphatic carbocycles. The van der Waals surface area contributed by atoms with Crippen LogP contribution in [0.1, 0.15) is 57.6 Å². The third-order valence-electron chi connectivity index (χ3n) is 7.35. The van der Waals surface area contributed by atoms with E-state index in [0.717, 1.165) is 30.5 Å². The summed E-state index contributed by atoms with van der Waals surface area (Å²) in [5.41, 5.74) is 9.07. The third kappa shape index (κ3) is 9.15. The standard InChI is InChI=1S/C28H31N5.C5H10.CH3NO/c29-27(15-14-21-18-32-26-13-4-3-12-25(21)26)33(28(30)17-23-10-6-16-31-23)19-22-9-5-8-20-7-1-2-11-24(20)22;1-4-5(2)3;2-1-3/h1-5,7-9,11-13,18,23,29-32H,6,10,14-17,19H2;4H,1-3H3;1H,(H2,2,3). The van der Waals surface area contributed by atoms with E-state index in [-0.39, 0.29) is 6.41 Å². The molecule has 1 fully saturated rings. The van der Waals surface area contributed by atoms with Crippen molar-refractivity contribution in [3.05, 3.63) is 95.7 Å². The zero-order valence-electron chi connectivity index (χ0n) is 24.5. The first kappa shape index (κ1) is 31.3. The fourth-order valence-corrected chi connectivity index (χ4v) is 4.96. The number of primary amides is 1. The minimum absolute atomic E-state index is 0.250. The van der Waals surface area contributed by atoms with Crippen LogP contribution in [0.3, 0.4) is 0 Å². The molecule has 0 bridgehead atoms. The highest BCUT2D eigenvalue weighted by Crippen LogP contribution is 2.23. The van der Waals surface area contributed by atoms with Gasteiger partial charge in [0.2, 0.25) is 6.41 Å². The zero-order valence-corrected chi connectivity index (χ0v) is 24.5. The number of nitrogens with zero attached hydrogens (tertiary/aromatic N) is 1. The first-order valence-electron chi connectivity index (χ1n) is 14.3. The van der Waals surface area contributed by atoms with Crippen LogP contribution < -0.4 is 11.1 Å². The molecular weight excluding hydrogens is 508 g/mol. The Kier molecular flexibility index (Phi) is 12.3. The minimum atomic E-state index is 0.250. The van der Waals surface area contributed by atoms with E-state index in [4.69, 9.17) is 15.6 Å². The number of aromatic nitrogens is 1. The molecule has 0 radical (unpaired) electrons. The number of amidine groups is 2. The van der Waals surface area contributed by atoms with Gasteiger partial charge in [0.05, 0.1) is 6.54 Å². The van der Waals surface area contributed by atoms with E-state index in [0.29, 0.717) is 37.1 Å². The van der Waals surface area contributed by atoms with E-state index in [1.54, 1.807) is 0 Å². The summed E-state index contributed by atoms with van der Waals surface area (Å²) < 4.78 is 0. The lowest BCUT2D eigenvalue weighted by molar-refractivity contribution is -0.106. The van der Waals surface area contributed by atoms with Crippen LogP contribution in [0.4, 0.5) is 0 Å². The smallest absolute Gasteiger partial charge is 0.204 e. The fraction of sp³-hybridized carbons (Fsp3) is 0.324. The maximum absolute atomic E-state index is 8.97. The van der Waals surface area contributed by atoms with Gasteiger partial charge in [-0.2, -0.15) is 0 Å². The average Bonchev–Trinajstić information content (AvgIpc) is 3.65. The average molecular weight is 553 g/mol. The second-order valence-corrected chi connectivity index (χ2v) is 10.5. The Morgan fingerprint density at radius 3 is 2.32 bits per heavy atom. The number of H-pyrrole nitrogens is 1. The summed E-state index contributed by atoms with van der Waals surface area (Å²) >= 11 is 0. The van der Waals surface area contributed by atoms with Gasteiger partial charge in [0.1, 0.15) is 11.7 Å². The van der Waals surface area contributed by atoms with Crippen molar-refractivity contribution in [1.29, 1.82) is 10.8 Å². The fourth-order valence-electron chi connectivity index (χ4n) is 4.96. The quantitative estimate of drug-likeness (QED) is 0.0740. The molecule has 1 saturated heterocycles. The Balaban J connectivity index is 0.000000515. The van der Waals surface area contributed by atoms with Gasteiger partial charge in [-0.15, -0.1) is 0 Å². The van der Waals surface area contributed by atoms with Gasteiger partial charge in [0, 0.05) is 36.0 Å². The van der Waals surface area contributed by atoms with E-state index in [9.17, 15) is 0 Å². The summed E-state index contributed by atoms with van der Waals surface area (Å²) in [4.78, 5) is 13.8. The van der Waals surface area contributed by atoms with Gasteiger partial charge >= 0.3 is 0 Å². The predicted octanol–water partition coefficient (Wildman–Crippen LogP) is 6.93. The highest BCUT2D eigenvalue weighted by molar-refractivity contribution is 5.99. The van der Waals surface area contributed by atoms with E-state index in [1.807, 2.05) is 17.9 Å². The number of nitrogens with one attached hydrogen (secondary N) is 4. The van der Waals surface area contributed by atoms with E-state index >= 15 is 0 Å². The van der Waals surface area contributed by atoms with Crippen LogP contribution >= 0.6 is 0 Å². The van der Waals surface area contributed by atoms with Crippen LogP contribution in [0.25, 0.3) is 21.7 Å². The number of hydrogen-bond donors (Lipinski definition) is 5. The molecule has 41 heavy (non-hydrogen) atoms. The lowest BCUT2D eigenvalue weighted by Gasteiger charge is -2.28. The van der Waals surface area contributed by atoms with Gasteiger partial charge in [-0.3, -0.25) is 15.6 Å². The lowest BCUT2D eigenvalue weighted by atomic mass is 10.0. The summed E-state index contributed by atoms with van der Waals surface area (Å²) in [6, 6.07) is 23.4. The minimum Gasteiger partial charge on any atom is -0.372 e. The summed E-state index contributed by atoms with van der Waals surface area (Å²) in [6.07, 6.45) is 8.71. The van der Waals surface area contributed by atoms with Crippen molar-refractivity contribution in [3.8, 4) is 0 Å². The highest BCUT2D eigenvalue weighted by atomic mass is 16.1. The monoisotopic (exact) mass is 552 g/mol. The predicted molar refractivity (Wildman–Crippen MR) is 173 cm³/mol. The van der Waals surface area contributed by atoms with Crippen LogP contribution in [0.15, 0.2) is 84.6 Å². The first-order valence-corrected chi connectivity index (χ1v) is 14.3. The molecule has 1 amide bonds. The molecule has 1 aliphatic rings. The van der Waals surface area contributed by atoms with Crippen LogP contribution in [-0.2, 0) is 17.8 Å². The van der Waals surface area contributed by atoms with Crippen molar-refractivity contribution in [2.75, 3.05) is 6.54 Å². The summed E-state index contributed by atoms with van der Waals surface area (Å²) in [5.74, 6) is 1.04.